The lowest BCUT2D eigenvalue weighted by Gasteiger charge is -2.32. The van der Waals surface area contributed by atoms with Gasteiger partial charge in [0.05, 0.1) is 0 Å². The van der Waals surface area contributed by atoms with Crippen molar-refractivity contribution < 1.29 is 14.3 Å². The molecule has 0 heterocycles. The summed E-state index contributed by atoms with van der Waals surface area (Å²) >= 11 is 6.46. The summed E-state index contributed by atoms with van der Waals surface area (Å²) in [4.78, 5) is 28.8. The van der Waals surface area contributed by atoms with E-state index >= 15 is 0 Å². The highest BCUT2D eigenvalue weighted by Gasteiger charge is 2.31. The van der Waals surface area contributed by atoms with Gasteiger partial charge in [-0.3, -0.25) is 9.59 Å². The Kier molecular flexibility index (Phi) is 9.95. The SMILES string of the molecule is CC[C@@H](C)NC(=O)[C@@H](Cc1ccccc1)N(Cc1ccccc1Cl)C(=O)COc1ccc(C)c(C)c1. The van der Waals surface area contributed by atoms with E-state index in [1.54, 1.807) is 11.0 Å². The molecule has 6 heteroatoms. The number of nitrogens with zero attached hydrogens (tertiary/aromatic N) is 1. The van der Waals surface area contributed by atoms with Gasteiger partial charge in [-0.2, -0.15) is 0 Å². The van der Waals surface area contributed by atoms with E-state index in [4.69, 9.17) is 16.3 Å². The number of hydrogen-bond donors (Lipinski definition) is 1. The van der Waals surface area contributed by atoms with Crippen LogP contribution in [0.1, 0.15) is 42.5 Å². The molecule has 0 aliphatic heterocycles. The van der Waals surface area contributed by atoms with E-state index < -0.39 is 6.04 Å². The Morgan fingerprint density at radius 3 is 2.33 bits per heavy atom. The average molecular weight is 507 g/mol. The zero-order chi connectivity index (χ0) is 26.1. The van der Waals surface area contributed by atoms with Crippen molar-refractivity contribution in [2.45, 2.75) is 59.2 Å². The van der Waals surface area contributed by atoms with E-state index in [-0.39, 0.29) is 31.0 Å². The average Bonchev–Trinajstić information content (AvgIpc) is 2.88. The van der Waals surface area contributed by atoms with Crippen LogP contribution in [0.5, 0.6) is 5.75 Å². The fraction of sp³-hybridized carbons (Fsp3) is 0.333. The molecule has 2 atom stereocenters. The molecule has 0 fully saturated rings. The summed E-state index contributed by atoms with van der Waals surface area (Å²) in [6, 6.07) is 22.1. The molecule has 1 N–H and O–H groups in total. The van der Waals surface area contributed by atoms with Crippen molar-refractivity contribution in [1.29, 1.82) is 0 Å². The number of ether oxygens (including phenoxy) is 1. The zero-order valence-electron chi connectivity index (χ0n) is 21.5. The number of nitrogens with one attached hydrogen (secondary N) is 1. The largest absolute Gasteiger partial charge is 0.484 e. The molecule has 0 aliphatic carbocycles. The first-order chi connectivity index (χ1) is 17.3. The maximum absolute atomic E-state index is 13.7. The topological polar surface area (TPSA) is 58.6 Å². The summed E-state index contributed by atoms with van der Waals surface area (Å²) in [6.45, 7) is 8.01. The van der Waals surface area contributed by atoms with Gasteiger partial charge in [-0.1, -0.05) is 73.1 Å². The van der Waals surface area contributed by atoms with Gasteiger partial charge in [-0.05, 0) is 67.6 Å². The molecule has 0 saturated carbocycles. The van der Waals surface area contributed by atoms with Gasteiger partial charge in [0.1, 0.15) is 11.8 Å². The summed E-state index contributed by atoms with van der Waals surface area (Å²) in [5, 5.41) is 3.61. The molecule has 190 valence electrons. The fourth-order valence-corrected chi connectivity index (χ4v) is 4.03. The Morgan fingerprint density at radius 2 is 1.67 bits per heavy atom. The number of rotatable bonds is 11. The first kappa shape index (κ1) is 27.3. The molecule has 0 saturated heterocycles. The predicted octanol–water partition coefficient (Wildman–Crippen LogP) is 5.89. The molecule has 0 radical (unpaired) electrons. The Bertz CT molecular complexity index is 1170. The molecule has 0 aliphatic rings. The van der Waals surface area contributed by atoms with E-state index in [2.05, 4.69) is 5.32 Å². The molecule has 0 unspecified atom stereocenters. The molecule has 2 amide bonds. The lowest BCUT2D eigenvalue weighted by molar-refractivity contribution is -0.143. The minimum absolute atomic E-state index is 0.0141. The van der Waals surface area contributed by atoms with Crippen molar-refractivity contribution in [1.82, 2.24) is 10.2 Å². The minimum atomic E-state index is -0.728. The first-order valence-electron chi connectivity index (χ1n) is 12.4. The molecule has 36 heavy (non-hydrogen) atoms. The van der Waals surface area contributed by atoms with E-state index in [9.17, 15) is 9.59 Å². The van der Waals surface area contributed by atoms with E-state index in [0.717, 1.165) is 28.7 Å². The monoisotopic (exact) mass is 506 g/mol. The third kappa shape index (κ3) is 7.59. The van der Waals surface area contributed by atoms with Crippen LogP contribution in [0, 0.1) is 13.8 Å². The van der Waals surface area contributed by atoms with Crippen LogP contribution in [0.4, 0.5) is 0 Å². The summed E-state index contributed by atoms with van der Waals surface area (Å²) in [7, 11) is 0. The van der Waals surface area contributed by atoms with Crippen molar-refractivity contribution in [2.24, 2.45) is 0 Å². The van der Waals surface area contributed by atoms with E-state index in [1.165, 1.54) is 0 Å². The number of amides is 2. The Morgan fingerprint density at radius 1 is 0.972 bits per heavy atom. The number of carbonyl (C=O) groups excluding carboxylic acids is 2. The highest BCUT2D eigenvalue weighted by atomic mass is 35.5. The zero-order valence-corrected chi connectivity index (χ0v) is 22.2. The van der Waals surface area contributed by atoms with Gasteiger partial charge >= 0.3 is 0 Å². The van der Waals surface area contributed by atoms with Crippen molar-refractivity contribution >= 4 is 23.4 Å². The number of aryl methyl sites for hydroxylation is 2. The van der Waals surface area contributed by atoms with Crippen molar-refractivity contribution in [3.63, 3.8) is 0 Å². The van der Waals surface area contributed by atoms with Gasteiger partial charge in [-0.15, -0.1) is 0 Å². The lowest BCUT2D eigenvalue weighted by atomic mass is 10.0. The molecular weight excluding hydrogens is 472 g/mol. The van der Waals surface area contributed by atoms with Gasteiger partial charge in [0.2, 0.25) is 5.91 Å². The molecule has 3 aromatic rings. The minimum Gasteiger partial charge on any atom is -0.484 e. The maximum atomic E-state index is 13.7. The van der Waals surface area contributed by atoms with Gasteiger partial charge < -0.3 is 15.0 Å². The van der Waals surface area contributed by atoms with Crippen molar-refractivity contribution in [3.05, 3.63) is 100 Å². The second kappa shape index (κ2) is 13.1. The fourth-order valence-electron chi connectivity index (χ4n) is 3.84. The van der Waals surface area contributed by atoms with E-state index in [1.807, 2.05) is 94.4 Å². The van der Waals surface area contributed by atoms with Crippen LogP contribution in [0.15, 0.2) is 72.8 Å². The van der Waals surface area contributed by atoms with Crippen LogP contribution in [0.3, 0.4) is 0 Å². The predicted molar refractivity (Wildman–Crippen MR) is 145 cm³/mol. The molecule has 5 nitrogen and oxygen atoms in total. The van der Waals surface area contributed by atoms with Crippen LogP contribution in [-0.2, 0) is 22.6 Å². The third-order valence-corrected chi connectivity index (χ3v) is 6.78. The molecule has 3 rings (SSSR count). The smallest absolute Gasteiger partial charge is 0.261 e. The van der Waals surface area contributed by atoms with Gasteiger partial charge in [-0.25, -0.2) is 0 Å². The van der Waals surface area contributed by atoms with Gasteiger partial charge in [0, 0.05) is 24.0 Å². The summed E-state index contributed by atoms with van der Waals surface area (Å²) in [5.41, 5.74) is 3.98. The standard InChI is InChI=1S/C30H35ClN2O3/c1-5-23(4)32-30(35)28(18-24-11-7-6-8-12-24)33(19-25-13-9-10-14-27(25)31)29(34)20-36-26-16-15-21(2)22(3)17-26/h6-17,23,28H,5,18-20H2,1-4H3,(H,32,35)/t23-,28-/m1/s1. The molecule has 3 aromatic carbocycles. The van der Waals surface area contributed by atoms with Crippen LogP contribution in [0.2, 0.25) is 5.02 Å². The Labute approximate surface area is 219 Å². The van der Waals surface area contributed by atoms with Crippen LogP contribution in [-0.4, -0.2) is 35.4 Å². The van der Waals surface area contributed by atoms with Crippen LogP contribution >= 0.6 is 11.6 Å². The van der Waals surface area contributed by atoms with Crippen LogP contribution in [0.25, 0.3) is 0 Å². The quantitative estimate of drug-likeness (QED) is 0.352. The van der Waals surface area contributed by atoms with E-state index in [0.29, 0.717) is 17.2 Å². The Balaban J connectivity index is 1.92. The van der Waals surface area contributed by atoms with Gasteiger partial charge in [0.15, 0.2) is 6.61 Å². The number of carbonyl (C=O) groups is 2. The van der Waals surface area contributed by atoms with Crippen LogP contribution < -0.4 is 10.1 Å². The first-order valence-corrected chi connectivity index (χ1v) is 12.7. The summed E-state index contributed by atoms with van der Waals surface area (Å²) in [6.07, 6.45) is 1.17. The maximum Gasteiger partial charge on any atom is 0.261 e. The number of hydrogen-bond acceptors (Lipinski definition) is 3. The number of benzene rings is 3. The molecular formula is C30H35ClN2O3. The van der Waals surface area contributed by atoms with Crippen molar-refractivity contribution in [3.8, 4) is 5.75 Å². The Hall–Kier alpha value is -3.31. The van der Waals surface area contributed by atoms with Gasteiger partial charge in [0.25, 0.3) is 5.91 Å². The molecule has 0 spiro atoms. The summed E-state index contributed by atoms with van der Waals surface area (Å²) < 4.78 is 5.88. The third-order valence-electron chi connectivity index (χ3n) is 6.41. The molecule has 0 aromatic heterocycles. The highest BCUT2D eigenvalue weighted by molar-refractivity contribution is 6.31. The van der Waals surface area contributed by atoms with Crippen molar-refractivity contribution in [2.75, 3.05) is 6.61 Å². The second-order valence-electron chi connectivity index (χ2n) is 9.17. The summed E-state index contributed by atoms with van der Waals surface area (Å²) in [5.74, 6) is 0.140. The normalized spacial score (nSPS) is 12.5. The highest BCUT2D eigenvalue weighted by Crippen LogP contribution is 2.22. The number of halogens is 1. The lowest BCUT2D eigenvalue weighted by Crippen LogP contribution is -2.53. The molecule has 0 bridgehead atoms. The second-order valence-corrected chi connectivity index (χ2v) is 9.58.